The Morgan fingerprint density at radius 2 is 2.47 bits per heavy atom. The molecule has 0 bridgehead atoms. The molecule has 1 aromatic heterocycles. The van der Waals surface area contributed by atoms with Gasteiger partial charge < -0.3 is 4.84 Å². The molecule has 1 aromatic rings. The molecular weight excluding hydrogens is 218 g/mol. The summed E-state index contributed by atoms with van der Waals surface area (Å²) in [6.07, 6.45) is 3.02. The fourth-order valence-corrected chi connectivity index (χ4v) is 1.41. The number of sulfone groups is 1. The van der Waals surface area contributed by atoms with E-state index in [0.717, 1.165) is 0 Å². The van der Waals surface area contributed by atoms with Crippen LogP contribution in [0.1, 0.15) is 12.6 Å². The summed E-state index contributed by atoms with van der Waals surface area (Å²) in [5.74, 6) is 0.116. The number of nitrogens with zero attached hydrogens (tertiary/aromatic N) is 2. The maximum atomic E-state index is 11.0. The van der Waals surface area contributed by atoms with Gasteiger partial charge in [-0.25, -0.2) is 8.42 Å². The number of aromatic amines is 1. The van der Waals surface area contributed by atoms with Gasteiger partial charge in [-0.05, 0) is 6.07 Å². The molecule has 7 heteroatoms. The molecule has 0 atom stereocenters. The number of oxime groups is 1. The second kappa shape index (κ2) is 5.50. The lowest BCUT2D eigenvalue weighted by atomic mass is 10.5. The third kappa shape index (κ3) is 4.59. The van der Waals surface area contributed by atoms with Gasteiger partial charge in [0, 0.05) is 11.9 Å². The minimum atomic E-state index is -2.97. The smallest absolute Gasteiger partial charge is 0.153 e. The highest BCUT2D eigenvalue weighted by Crippen LogP contribution is 1.91. The molecule has 0 aliphatic carbocycles. The van der Waals surface area contributed by atoms with Crippen LogP contribution < -0.4 is 0 Å². The van der Waals surface area contributed by atoms with Gasteiger partial charge in [0.25, 0.3) is 0 Å². The van der Waals surface area contributed by atoms with Crippen LogP contribution in [0.15, 0.2) is 17.4 Å². The molecule has 0 radical (unpaired) electrons. The van der Waals surface area contributed by atoms with Crippen molar-refractivity contribution in [3.05, 3.63) is 18.0 Å². The highest BCUT2D eigenvalue weighted by Gasteiger charge is 2.06. The van der Waals surface area contributed by atoms with Crippen LogP contribution in [0, 0.1) is 0 Å². The Hall–Kier alpha value is -1.37. The van der Waals surface area contributed by atoms with E-state index in [9.17, 15) is 8.42 Å². The van der Waals surface area contributed by atoms with Gasteiger partial charge in [0.2, 0.25) is 0 Å². The Morgan fingerprint density at radius 1 is 1.67 bits per heavy atom. The lowest BCUT2D eigenvalue weighted by Crippen LogP contribution is -2.12. The van der Waals surface area contributed by atoms with Gasteiger partial charge in [-0.1, -0.05) is 12.1 Å². The van der Waals surface area contributed by atoms with Crippen LogP contribution in [0.4, 0.5) is 0 Å². The zero-order valence-electron chi connectivity index (χ0n) is 8.38. The van der Waals surface area contributed by atoms with Gasteiger partial charge in [-0.2, -0.15) is 5.10 Å². The first-order valence-electron chi connectivity index (χ1n) is 4.49. The highest BCUT2D eigenvalue weighted by atomic mass is 32.2. The Bertz CT molecular complexity index is 397. The summed E-state index contributed by atoms with van der Waals surface area (Å²) in [7, 11) is -2.97. The number of hydrogen-bond donors (Lipinski definition) is 1. The monoisotopic (exact) mass is 231 g/mol. The number of rotatable bonds is 6. The van der Waals surface area contributed by atoms with Gasteiger partial charge in [0.15, 0.2) is 9.84 Å². The fraction of sp³-hybridized carbons (Fsp3) is 0.500. The van der Waals surface area contributed by atoms with Gasteiger partial charge in [0.05, 0.1) is 17.7 Å². The van der Waals surface area contributed by atoms with Crippen molar-refractivity contribution in [3.63, 3.8) is 0 Å². The topological polar surface area (TPSA) is 84.4 Å². The molecule has 0 saturated heterocycles. The fourth-order valence-electron chi connectivity index (χ4n) is 0.794. The van der Waals surface area contributed by atoms with E-state index in [0.29, 0.717) is 5.69 Å². The van der Waals surface area contributed by atoms with Gasteiger partial charge in [0.1, 0.15) is 6.61 Å². The SMILES string of the molecule is CCS(=O)(=O)CCON=Cc1ccn[nH]1. The average molecular weight is 231 g/mol. The van der Waals surface area contributed by atoms with E-state index < -0.39 is 9.84 Å². The molecule has 0 aromatic carbocycles. The first-order chi connectivity index (χ1) is 7.14. The molecule has 0 aliphatic rings. The number of H-pyrrole nitrogens is 1. The van der Waals surface area contributed by atoms with Crippen molar-refractivity contribution in [1.29, 1.82) is 0 Å². The molecule has 0 amide bonds. The third-order valence-electron chi connectivity index (χ3n) is 1.71. The number of nitrogens with one attached hydrogen (secondary N) is 1. The summed E-state index contributed by atoms with van der Waals surface area (Å²) in [6.45, 7) is 1.67. The number of aromatic nitrogens is 2. The average Bonchev–Trinajstić information content (AvgIpc) is 2.70. The molecule has 0 fully saturated rings. The van der Waals surface area contributed by atoms with E-state index in [2.05, 4.69) is 15.4 Å². The Kier molecular flexibility index (Phi) is 4.29. The van der Waals surface area contributed by atoms with Crippen LogP contribution in [0.5, 0.6) is 0 Å². The van der Waals surface area contributed by atoms with Crippen LogP contribution in [0.25, 0.3) is 0 Å². The summed E-state index contributed by atoms with van der Waals surface area (Å²) < 4.78 is 22.1. The van der Waals surface area contributed by atoms with Crippen LogP contribution in [0.3, 0.4) is 0 Å². The Balaban J connectivity index is 2.23. The zero-order valence-corrected chi connectivity index (χ0v) is 9.20. The van der Waals surface area contributed by atoms with Crippen molar-refractivity contribution in [2.24, 2.45) is 5.16 Å². The lowest BCUT2D eigenvalue weighted by Gasteiger charge is -1.98. The highest BCUT2D eigenvalue weighted by molar-refractivity contribution is 7.91. The second-order valence-electron chi connectivity index (χ2n) is 2.82. The Labute approximate surface area is 88.2 Å². The standard InChI is InChI=1S/C8H13N3O3S/c1-2-15(12,13)6-5-14-10-7-8-3-4-9-11-8/h3-4,7H,2,5-6H2,1H3,(H,9,11). The predicted octanol–water partition coefficient (Wildman–Crippen LogP) is 0.195. The maximum Gasteiger partial charge on any atom is 0.153 e. The molecule has 15 heavy (non-hydrogen) atoms. The Morgan fingerprint density at radius 3 is 3.07 bits per heavy atom. The minimum absolute atomic E-state index is 0.0101. The van der Waals surface area contributed by atoms with Gasteiger partial charge in [-0.3, -0.25) is 5.10 Å². The van der Waals surface area contributed by atoms with Crippen molar-refractivity contribution in [1.82, 2.24) is 10.2 Å². The summed E-state index contributed by atoms with van der Waals surface area (Å²) in [5.41, 5.74) is 0.702. The van der Waals surface area contributed by atoms with Crippen LogP contribution in [-0.4, -0.2) is 42.9 Å². The molecular formula is C8H13N3O3S. The van der Waals surface area contributed by atoms with E-state index >= 15 is 0 Å². The number of hydrogen-bond acceptors (Lipinski definition) is 5. The normalized spacial score (nSPS) is 12.1. The summed E-state index contributed by atoms with van der Waals surface area (Å²) in [6, 6.07) is 1.72. The predicted molar refractivity (Wildman–Crippen MR) is 56.5 cm³/mol. The summed E-state index contributed by atoms with van der Waals surface area (Å²) in [4.78, 5) is 4.79. The third-order valence-corrected chi connectivity index (χ3v) is 3.38. The van der Waals surface area contributed by atoms with Crippen molar-refractivity contribution in [3.8, 4) is 0 Å². The van der Waals surface area contributed by atoms with E-state index in [1.807, 2.05) is 0 Å². The first-order valence-corrected chi connectivity index (χ1v) is 6.31. The minimum Gasteiger partial charge on any atom is -0.395 e. The molecule has 0 unspecified atom stereocenters. The molecule has 0 aliphatic heterocycles. The summed E-state index contributed by atoms with van der Waals surface area (Å²) >= 11 is 0. The second-order valence-corrected chi connectivity index (χ2v) is 5.29. The van der Waals surface area contributed by atoms with E-state index in [1.54, 1.807) is 19.2 Å². The van der Waals surface area contributed by atoms with Crippen LogP contribution >= 0.6 is 0 Å². The molecule has 6 nitrogen and oxygen atoms in total. The van der Waals surface area contributed by atoms with E-state index in [1.165, 1.54) is 6.21 Å². The van der Waals surface area contributed by atoms with E-state index in [4.69, 9.17) is 4.84 Å². The molecule has 1 rings (SSSR count). The van der Waals surface area contributed by atoms with Gasteiger partial charge in [-0.15, -0.1) is 0 Å². The first kappa shape index (κ1) is 11.7. The largest absolute Gasteiger partial charge is 0.395 e. The van der Waals surface area contributed by atoms with Crippen molar-refractivity contribution in [2.45, 2.75) is 6.92 Å². The van der Waals surface area contributed by atoms with Crippen LogP contribution in [-0.2, 0) is 14.7 Å². The quantitative estimate of drug-likeness (QED) is 0.430. The zero-order chi connectivity index (χ0) is 11.1. The van der Waals surface area contributed by atoms with Crippen molar-refractivity contribution in [2.75, 3.05) is 18.1 Å². The molecule has 1 heterocycles. The van der Waals surface area contributed by atoms with Crippen molar-refractivity contribution < 1.29 is 13.3 Å². The molecule has 0 spiro atoms. The molecule has 0 saturated carbocycles. The van der Waals surface area contributed by atoms with E-state index in [-0.39, 0.29) is 18.1 Å². The molecule has 84 valence electrons. The van der Waals surface area contributed by atoms with Gasteiger partial charge >= 0.3 is 0 Å². The van der Waals surface area contributed by atoms with Crippen molar-refractivity contribution >= 4 is 16.1 Å². The lowest BCUT2D eigenvalue weighted by molar-refractivity contribution is 0.162. The molecule has 1 N–H and O–H groups in total. The summed E-state index contributed by atoms with van der Waals surface area (Å²) in [5, 5.41) is 9.95. The van der Waals surface area contributed by atoms with Crippen LogP contribution in [0.2, 0.25) is 0 Å². The maximum absolute atomic E-state index is 11.0.